The van der Waals surface area contributed by atoms with Gasteiger partial charge < -0.3 is 0 Å². The summed E-state index contributed by atoms with van der Waals surface area (Å²) in [4.78, 5) is 0.440. The lowest BCUT2D eigenvalue weighted by Crippen LogP contribution is -2.42. The van der Waals surface area contributed by atoms with E-state index in [4.69, 9.17) is 0 Å². The van der Waals surface area contributed by atoms with Gasteiger partial charge in [0.2, 0.25) is 0 Å². The summed E-state index contributed by atoms with van der Waals surface area (Å²) in [7, 11) is -3.33. The van der Waals surface area contributed by atoms with E-state index in [-0.39, 0.29) is 5.92 Å². The minimum Gasteiger partial charge on any atom is -0.223 e. The third-order valence-corrected chi connectivity index (χ3v) is 7.00. The number of hydrogen-bond donors (Lipinski definition) is 0. The Hall–Kier alpha value is -1.09. The van der Waals surface area contributed by atoms with E-state index in [2.05, 4.69) is 6.92 Å². The number of hydrogen-bond acceptors (Lipinski definition) is 2. The first-order valence-electron chi connectivity index (χ1n) is 7.49. The van der Waals surface area contributed by atoms with Gasteiger partial charge in [0, 0.05) is 0 Å². The van der Waals surface area contributed by atoms with E-state index >= 15 is 0 Å². The molecule has 1 aliphatic carbocycles. The molecule has 2 nitrogen and oxygen atoms in total. The molecule has 1 aliphatic rings. The fourth-order valence-corrected chi connectivity index (χ4v) is 5.05. The zero-order valence-electron chi connectivity index (χ0n) is 12.4. The summed E-state index contributed by atoms with van der Waals surface area (Å²) < 4.78 is 25.3. The average Bonchev–Trinajstić information content (AvgIpc) is 2.47. The van der Waals surface area contributed by atoms with Crippen LogP contribution in [0.2, 0.25) is 0 Å². The Morgan fingerprint density at radius 3 is 2.60 bits per heavy atom. The van der Waals surface area contributed by atoms with Crippen molar-refractivity contribution in [1.29, 1.82) is 0 Å². The second kappa shape index (κ2) is 6.13. The molecule has 20 heavy (non-hydrogen) atoms. The molecule has 3 heteroatoms. The van der Waals surface area contributed by atoms with E-state index in [1.165, 1.54) is 0 Å². The van der Waals surface area contributed by atoms with Crippen LogP contribution in [0.5, 0.6) is 0 Å². The summed E-state index contributed by atoms with van der Waals surface area (Å²) in [5.74, 6) is 0.220. The minimum absolute atomic E-state index is 0.220. The summed E-state index contributed by atoms with van der Waals surface area (Å²) in [5, 5.41) is 0. The van der Waals surface area contributed by atoms with Gasteiger partial charge in [-0.3, -0.25) is 0 Å². The highest BCUT2D eigenvalue weighted by Crippen LogP contribution is 2.41. The van der Waals surface area contributed by atoms with Crippen molar-refractivity contribution in [1.82, 2.24) is 0 Å². The lowest BCUT2D eigenvalue weighted by molar-refractivity contribution is 0.355. The lowest BCUT2D eigenvalue weighted by Gasteiger charge is -2.37. The van der Waals surface area contributed by atoms with Gasteiger partial charge in [0.15, 0.2) is 9.84 Å². The first-order chi connectivity index (χ1) is 9.52. The van der Waals surface area contributed by atoms with Crippen LogP contribution in [0.1, 0.15) is 46.0 Å². The van der Waals surface area contributed by atoms with Crippen LogP contribution in [-0.2, 0) is 9.84 Å². The topological polar surface area (TPSA) is 34.1 Å². The number of benzene rings is 1. The lowest BCUT2D eigenvalue weighted by atomic mass is 9.81. The molecule has 0 saturated heterocycles. The Labute approximate surface area is 122 Å². The number of rotatable bonds is 5. The molecule has 2 unspecified atom stereocenters. The van der Waals surface area contributed by atoms with Crippen LogP contribution in [0.4, 0.5) is 0 Å². The fourth-order valence-electron chi connectivity index (χ4n) is 3.08. The quantitative estimate of drug-likeness (QED) is 0.755. The summed E-state index contributed by atoms with van der Waals surface area (Å²) in [6, 6.07) is 8.86. The highest BCUT2D eigenvalue weighted by Gasteiger charge is 2.45. The molecule has 0 fully saturated rings. The predicted molar refractivity (Wildman–Crippen MR) is 83.4 cm³/mol. The van der Waals surface area contributed by atoms with Crippen molar-refractivity contribution in [2.45, 2.75) is 55.6 Å². The maximum Gasteiger partial charge on any atom is 0.187 e. The molecular weight excluding hydrogens is 268 g/mol. The molecule has 2 rings (SSSR count). The van der Waals surface area contributed by atoms with Gasteiger partial charge in [0.05, 0.1) is 9.64 Å². The molecule has 0 N–H and O–H groups in total. The first kappa shape index (κ1) is 15.3. The van der Waals surface area contributed by atoms with Crippen molar-refractivity contribution < 1.29 is 8.42 Å². The second-order valence-electron chi connectivity index (χ2n) is 5.82. The van der Waals surface area contributed by atoms with Crippen molar-refractivity contribution in [2.24, 2.45) is 5.92 Å². The first-order valence-corrected chi connectivity index (χ1v) is 8.98. The molecule has 0 radical (unpaired) electrons. The highest BCUT2D eigenvalue weighted by molar-refractivity contribution is 7.93. The molecule has 0 aliphatic heterocycles. The summed E-state index contributed by atoms with van der Waals surface area (Å²) in [6.07, 6.45) is 9.12. The SMILES string of the molecule is CCCCC1CCC=CC1(C)S(=O)(=O)c1ccccc1. The smallest absolute Gasteiger partial charge is 0.187 e. The van der Waals surface area contributed by atoms with Gasteiger partial charge in [-0.25, -0.2) is 8.42 Å². The fraction of sp³-hybridized carbons (Fsp3) is 0.529. The van der Waals surface area contributed by atoms with Crippen molar-refractivity contribution >= 4 is 9.84 Å². The molecule has 0 spiro atoms. The highest BCUT2D eigenvalue weighted by atomic mass is 32.2. The largest absolute Gasteiger partial charge is 0.223 e. The minimum atomic E-state index is -3.33. The molecule has 2 atom stereocenters. The Bertz CT molecular complexity index is 560. The van der Waals surface area contributed by atoms with Gasteiger partial charge in [-0.15, -0.1) is 0 Å². The van der Waals surface area contributed by atoms with E-state index in [0.29, 0.717) is 4.90 Å². The predicted octanol–water partition coefficient (Wildman–Crippen LogP) is 4.38. The van der Waals surface area contributed by atoms with Gasteiger partial charge in [-0.2, -0.15) is 0 Å². The van der Waals surface area contributed by atoms with Crippen LogP contribution >= 0.6 is 0 Å². The van der Waals surface area contributed by atoms with Crippen molar-refractivity contribution in [2.75, 3.05) is 0 Å². The number of allylic oxidation sites excluding steroid dienone is 1. The van der Waals surface area contributed by atoms with Crippen LogP contribution in [0.25, 0.3) is 0 Å². The van der Waals surface area contributed by atoms with E-state index in [9.17, 15) is 8.42 Å². The van der Waals surface area contributed by atoms with Crippen molar-refractivity contribution in [3.8, 4) is 0 Å². The van der Waals surface area contributed by atoms with Gasteiger partial charge in [-0.1, -0.05) is 50.1 Å². The Morgan fingerprint density at radius 2 is 1.95 bits per heavy atom. The van der Waals surface area contributed by atoms with E-state index in [0.717, 1.165) is 32.1 Å². The summed E-state index contributed by atoms with van der Waals surface area (Å²) in [5.41, 5.74) is 0. The normalized spacial score (nSPS) is 26.6. The molecule has 1 aromatic carbocycles. The molecule has 0 saturated carbocycles. The average molecular weight is 292 g/mol. The summed E-state index contributed by atoms with van der Waals surface area (Å²) >= 11 is 0. The third kappa shape index (κ3) is 2.69. The number of sulfone groups is 1. The Morgan fingerprint density at radius 1 is 1.25 bits per heavy atom. The Balaban J connectivity index is 2.40. The Kier molecular flexibility index (Phi) is 4.69. The van der Waals surface area contributed by atoms with Gasteiger partial charge >= 0.3 is 0 Å². The molecule has 0 amide bonds. The molecule has 0 bridgehead atoms. The van der Waals surface area contributed by atoms with Crippen LogP contribution < -0.4 is 0 Å². The molecular formula is C17H24O2S. The van der Waals surface area contributed by atoms with Crippen LogP contribution in [0, 0.1) is 5.92 Å². The zero-order chi connectivity index (χ0) is 14.6. The van der Waals surface area contributed by atoms with Crippen LogP contribution in [0.15, 0.2) is 47.4 Å². The maximum atomic E-state index is 13.0. The second-order valence-corrected chi connectivity index (χ2v) is 8.18. The van der Waals surface area contributed by atoms with E-state index in [1.54, 1.807) is 24.3 Å². The molecule has 1 aromatic rings. The monoisotopic (exact) mass is 292 g/mol. The van der Waals surface area contributed by atoms with Gasteiger partial charge in [-0.05, 0) is 44.2 Å². The number of unbranched alkanes of at least 4 members (excludes halogenated alkanes) is 1. The van der Waals surface area contributed by atoms with Gasteiger partial charge in [0.1, 0.15) is 0 Å². The van der Waals surface area contributed by atoms with E-state index < -0.39 is 14.6 Å². The van der Waals surface area contributed by atoms with Crippen LogP contribution in [0.3, 0.4) is 0 Å². The molecule has 110 valence electrons. The van der Waals surface area contributed by atoms with Crippen molar-refractivity contribution in [3.63, 3.8) is 0 Å². The van der Waals surface area contributed by atoms with Crippen LogP contribution in [-0.4, -0.2) is 13.2 Å². The zero-order valence-corrected chi connectivity index (χ0v) is 13.2. The van der Waals surface area contributed by atoms with E-state index in [1.807, 2.05) is 25.1 Å². The van der Waals surface area contributed by atoms with Crippen molar-refractivity contribution in [3.05, 3.63) is 42.5 Å². The maximum absolute atomic E-state index is 13.0. The van der Waals surface area contributed by atoms with Gasteiger partial charge in [0.25, 0.3) is 0 Å². The summed E-state index contributed by atoms with van der Waals surface area (Å²) in [6.45, 7) is 4.05. The molecule has 0 heterocycles. The standard InChI is InChI=1S/C17H24O2S/c1-3-4-10-15-11-8-9-14-17(15,2)20(18,19)16-12-6-5-7-13-16/h5-7,9,12-15H,3-4,8,10-11H2,1-2H3. The molecule has 0 aromatic heterocycles. The third-order valence-electron chi connectivity index (χ3n) is 4.48.